The highest BCUT2D eigenvalue weighted by Crippen LogP contribution is 2.27. The van der Waals surface area contributed by atoms with Gasteiger partial charge in [-0.15, -0.1) is 0 Å². The highest BCUT2D eigenvalue weighted by atomic mass is 35.5. The van der Waals surface area contributed by atoms with E-state index in [-0.39, 0.29) is 11.9 Å². The minimum Gasteiger partial charge on any atom is -0.386 e. The molecule has 1 heterocycles. The third kappa shape index (κ3) is 3.67. The number of aromatic nitrogens is 2. The lowest BCUT2D eigenvalue weighted by molar-refractivity contribution is -0.119. The van der Waals surface area contributed by atoms with Crippen molar-refractivity contribution in [3.8, 4) is 0 Å². The molecule has 0 saturated heterocycles. The second kappa shape index (κ2) is 7.25. The SMILES string of the molecule is CC(=O)N[C@@H](C)c1nc2ccccc2n1C[C@H](O)c1ccccc1Cl. The van der Waals surface area contributed by atoms with Crippen molar-refractivity contribution in [1.82, 2.24) is 14.9 Å². The lowest BCUT2D eigenvalue weighted by Crippen LogP contribution is -2.27. The summed E-state index contributed by atoms with van der Waals surface area (Å²) in [6, 6.07) is 14.7. The quantitative estimate of drug-likeness (QED) is 0.732. The fourth-order valence-corrected chi connectivity index (χ4v) is 3.26. The minimum absolute atomic E-state index is 0.127. The van der Waals surface area contributed by atoms with Gasteiger partial charge in [0.15, 0.2) is 0 Å². The number of aliphatic hydroxyl groups excluding tert-OH is 1. The van der Waals surface area contributed by atoms with Crippen LogP contribution in [-0.2, 0) is 11.3 Å². The maximum absolute atomic E-state index is 11.4. The van der Waals surface area contributed by atoms with Crippen LogP contribution >= 0.6 is 11.6 Å². The summed E-state index contributed by atoms with van der Waals surface area (Å²) < 4.78 is 1.93. The number of rotatable bonds is 5. The van der Waals surface area contributed by atoms with Crippen LogP contribution in [0.15, 0.2) is 48.5 Å². The molecule has 1 aromatic heterocycles. The number of carbonyl (C=O) groups excluding carboxylic acids is 1. The molecular weight excluding hydrogens is 338 g/mol. The molecule has 2 aromatic carbocycles. The van der Waals surface area contributed by atoms with Crippen molar-refractivity contribution in [1.29, 1.82) is 0 Å². The van der Waals surface area contributed by atoms with Crippen molar-refractivity contribution in [2.75, 3.05) is 0 Å². The van der Waals surface area contributed by atoms with E-state index in [1.54, 1.807) is 6.07 Å². The van der Waals surface area contributed by atoms with Crippen molar-refractivity contribution < 1.29 is 9.90 Å². The van der Waals surface area contributed by atoms with Crippen molar-refractivity contribution in [2.24, 2.45) is 0 Å². The molecule has 5 nitrogen and oxygen atoms in total. The standard InChI is InChI=1S/C19H20ClN3O2/c1-12(21-13(2)24)19-22-16-9-5-6-10-17(16)23(19)11-18(25)14-7-3-4-8-15(14)20/h3-10,12,18,25H,11H2,1-2H3,(H,21,24)/t12-,18-/m0/s1. The van der Waals surface area contributed by atoms with Gasteiger partial charge in [0.2, 0.25) is 5.91 Å². The van der Waals surface area contributed by atoms with E-state index in [1.165, 1.54) is 6.92 Å². The van der Waals surface area contributed by atoms with Crippen molar-refractivity contribution >= 4 is 28.5 Å². The second-order valence-electron chi connectivity index (χ2n) is 6.03. The van der Waals surface area contributed by atoms with Crippen molar-refractivity contribution in [3.63, 3.8) is 0 Å². The number of nitrogens with one attached hydrogen (secondary N) is 1. The van der Waals surface area contributed by atoms with Crippen LogP contribution in [0.3, 0.4) is 0 Å². The van der Waals surface area contributed by atoms with Gasteiger partial charge in [0, 0.05) is 17.5 Å². The third-order valence-corrected chi connectivity index (χ3v) is 4.46. The van der Waals surface area contributed by atoms with Gasteiger partial charge in [-0.25, -0.2) is 4.98 Å². The number of amides is 1. The Labute approximate surface area is 151 Å². The molecule has 1 amide bonds. The van der Waals surface area contributed by atoms with Crippen LogP contribution in [0, 0.1) is 0 Å². The Bertz CT molecular complexity index is 907. The number of carbonyl (C=O) groups is 1. The molecule has 0 aliphatic carbocycles. The van der Waals surface area contributed by atoms with E-state index in [1.807, 2.05) is 54.0 Å². The average Bonchev–Trinajstić information content (AvgIpc) is 2.93. The van der Waals surface area contributed by atoms with Gasteiger partial charge in [-0.05, 0) is 25.1 Å². The molecule has 0 fully saturated rings. The minimum atomic E-state index is -0.783. The van der Waals surface area contributed by atoms with Crippen molar-refractivity contribution in [2.45, 2.75) is 32.5 Å². The highest BCUT2D eigenvalue weighted by Gasteiger charge is 2.20. The van der Waals surface area contributed by atoms with E-state index >= 15 is 0 Å². The van der Waals surface area contributed by atoms with Gasteiger partial charge in [0.25, 0.3) is 0 Å². The van der Waals surface area contributed by atoms with Gasteiger partial charge >= 0.3 is 0 Å². The number of halogens is 1. The van der Waals surface area contributed by atoms with Crippen LogP contribution in [0.25, 0.3) is 11.0 Å². The predicted molar refractivity (Wildman–Crippen MR) is 98.4 cm³/mol. The number of benzene rings is 2. The summed E-state index contributed by atoms with van der Waals surface area (Å²) >= 11 is 6.21. The maximum atomic E-state index is 11.4. The van der Waals surface area contributed by atoms with Crippen LogP contribution in [0.5, 0.6) is 0 Å². The van der Waals surface area contributed by atoms with Gasteiger partial charge in [-0.2, -0.15) is 0 Å². The van der Waals surface area contributed by atoms with Crippen LogP contribution < -0.4 is 5.32 Å². The van der Waals surface area contributed by atoms with Gasteiger partial charge < -0.3 is 15.0 Å². The average molecular weight is 358 g/mol. The number of imidazole rings is 1. The summed E-state index contributed by atoms with van der Waals surface area (Å²) in [7, 11) is 0. The highest BCUT2D eigenvalue weighted by molar-refractivity contribution is 6.31. The number of hydrogen-bond acceptors (Lipinski definition) is 3. The van der Waals surface area contributed by atoms with E-state index in [0.29, 0.717) is 23.0 Å². The molecule has 2 N–H and O–H groups in total. The Balaban J connectivity index is 2.01. The number of nitrogens with zero attached hydrogens (tertiary/aromatic N) is 2. The van der Waals surface area contributed by atoms with Crippen molar-refractivity contribution in [3.05, 3.63) is 64.9 Å². The Kier molecular flexibility index (Phi) is 5.06. The number of hydrogen-bond donors (Lipinski definition) is 2. The Morgan fingerprint density at radius 1 is 1.24 bits per heavy atom. The molecule has 2 atom stereocenters. The molecular formula is C19H20ClN3O2. The van der Waals surface area contributed by atoms with Crippen LogP contribution in [0.2, 0.25) is 5.02 Å². The molecule has 0 aliphatic heterocycles. The zero-order valence-corrected chi connectivity index (χ0v) is 14.9. The molecule has 0 saturated carbocycles. The lowest BCUT2D eigenvalue weighted by Gasteiger charge is -2.19. The van der Waals surface area contributed by atoms with E-state index < -0.39 is 6.10 Å². The molecule has 0 unspecified atom stereocenters. The predicted octanol–water partition coefficient (Wildman–Crippen LogP) is 3.62. The molecule has 3 aromatic rings. The van der Waals surface area contributed by atoms with Gasteiger partial charge in [-0.1, -0.05) is 41.9 Å². The van der Waals surface area contributed by atoms with E-state index in [9.17, 15) is 9.90 Å². The Morgan fingerprint density at radius 2 is 1.92 bits per heavy atom. The van der Waals surface area contributed by atoms with Gasteiger partial charge in [0.1, 0.15) is 5.82 Å². The van der Waals surface area contributed by atoms with Gasteiger partial charge in [-0.3, -0.25) is 4.79 Å². The third-order valence-electron chi connectivity index (χ3n) is 4.11. The molecule has 0 radical (unpaired) electrons. The first kappa shape index (κ1) is 17.5. The van der Waals surface area contributed by atoms with Crippen LogP contribution in [0.4, 0.5) is 0 Å². The Morgan fingerprint density at radius 3 is 2.64 bits per heavy atom. The lowest BCUT2D eigenvalue weighted by atomic mass is 10.1. The smallest absolute Gasteiger partial charge is 0.217 e. The van der Waals surface area contributed by atoms with Gasteiger partial charge in [0.05, 0.1) is 29.7 Å². The first-order valence-corrected chi connectivity index (χ1v) is 8.50. The first-order valence-electron chi connectivity index (χ1n) is 8.12. The molecule has 6 heteroatoms. The summed E-state index contributed by atoms with van der Waals surface area (Å²) in [4.78, 5) is 16.1. The van der Waals surface area contributed by atoms with E-state index in [4.69, 9.17) is 11.6 Å². The van der Waals surface area contributed by atoms with Crippen LogP contribution in [0.1, 0.15) is 37.4 Å². The summed E-state index contributed by atoms with van der Waals surface area (Å²) in [5.41, 5.74) is 2.39. The topological polar surface area (TPSA) is 67.2 Å². The largest absolute Gasteiger partial charge is 0.386 e. The van der Waals surface area contributed by atoms with E-state index in [2.05, 4.69) is 10.3 Å². The van der Waals surface area contributed by atoms with Crippen LogP contribution in [-0.4, -0.2) is 20.6 Å². The summed E-state index contributed by atoms with van der Waals surface area (Å²) in [6.07, 6.45) is -0.783. The number of fused-ring (bicyclic) bond motifs is 1. The second-order valence-corrected chi connectivity index (χ2v) is 6.44. The Hall–Kier alpha value is -2.37. The summed E-state index contributed by atoms with van der Waals surface area (Å²) in [6.45, 7) is 3.65. The molecule has 130 valence electrons. The van der Waals surface area contributed by atoms with E-state index in [0.717, 1.165) is 11.0 Å². The number of aliphatic hydroxyl groups is 1. The fraction of sp³-hybridized carbons (Fsp3) is 0.263. The maximum Gasteiger partial charge on any atom is 0.217 e. The molecule has 0 aliphatic rings. The first-order chi connectivity index (χ1) is 12.0. The molecule has 0 bridgehead atoms. The normalized spacial score (nSPS) is 13.6. The zero-order valence-electron chi connectivity index (χ0n) is 14.1. The summed E-state index contributed by atoms with van der Waals surface area (Å²) in [5.74, 6) is 0.570. The fourth-order valence-electron chi connectivity index (χ4n) is 3.00. The molecule has 0 spiro atoms. The monoisotopic (exact) mass is 357 g/mol. The zero-order chi connectivity index (χ0) is 18.0. The molecule has 3 rings (SSSR count). The number of para-hydroxylation sites is 2. The summed E-state index contributed by atoms with van der Waals surface area (Å²) in [5, 5.41) is 14.1. The molecule has 25 heavy (non-hydrogen) atoms.